The molecule has 6 heteroatoms. The summed E-state index contributed by atoms with van der Waals surface area (Å²) in [5.74, 6) is 1.44. The number of aromatic nitrogens is 4. The fraction of sp³-hybridized carbons (Fsp3) is 0.227. The minimum Gasteiger partial charge on any atom is -0.292 e. The van der Waals surface area contributed by atoms with Gasteiger partial charge in [0, 0.05) is 20.1 Å². The average molecular weight is 371 g/mol. The van der Waals surface area contributed by atoms with Crippen molar-refractivity contribution in [1.29, 1.82) is 0 Å². The number of hydrogen-bond donors (Lipinski definition) is 0. The van der Waals surface area contributed by atoms with Gasteiger partial charge in [0.2, 0.25) is 5.78 Å². The van der Waals surface area contributed by atoms with Gasteiger partial charge in [0.25, 0.3) is 5.56 Å². The molecule has 0 unspecified atom stereocenters. The number of nitrogens with zero attached hydrogens (tertiary/aromatic N) is 5. The van der Waals surface area contributed by atoms with Gasteiger partial charge in [-0.25, -0.2) is 0 Å². The summed E-state index contributed by atoms with van der Waals surface area (Å²) in [5.41, 5.74) is 3.51. The topological polar surface area (TPSA) is 55.4 Å². The van der Waals surface area contributed by atoms with Crippen LogP contribution in [0.1, 0.15) is 17.8 Å². The van der Waals surface area contributed by atoms with Crippen LogP contribution in [-0.2, 0) is 13.6 Å². The molecule has 0 saturated heterocycles. The maximum absolute atomic E-state index is 12.6. The first-order chi connectivity index (χ1) is 13.7. The largest absolute Gasteiger partial charge is 0.292 e. The maximum atomic E-state index is 12.6. The first kappa shape index (κ1) is 16.9. The lowest BCUT2D eigenvalue weighted by Crippen LogP contribution is -2.29. The van der Waals surface area contributed by atoms with Gasteiger partial charge in [-0.3, -0.25) is 18.7 Å². The summed E-state index contributed by atoms with van der Waals surface area (Å²) < 4.78 is 3.58. The van der Waals surface area contributed by atoms with E-state index in [2.05, 4.69) is 45.4 Å². The molecule has 140 valence electrons. The van der Waals surface area contributed by atoms with E-state index in [9.17, 15) is 4.79 Å². The highest BCUT2D eigenvalue weighted by molar-refractivity contribution is 5.80. The molecule has 1 aliphatic rings. The van der Waals surface area contributed by atoms with Crippen molar-refractivity contribution in [2.24, 2.45) is 7.05 Å². The Bertz CT molecular complexity index is 1250. The van der Waals surface area contributed by atoms with Gasteiger partial charge < -0.3 is 0 Å². The van der Waals surface area contributed by atoms with Gasteiger partial charge in [0.15, 0.2) is 5.82 Å². The van der Waals surface area contributed by atoms with Crippen LogP contribution in [0.4, 0.5) is 0 Å². The van der Waals surface area contributed by atoms with Crippen molar-refractivity contribution < 1.29 is 0 Å². The van der Waals surface area contributed by atoms with Crippen LogP contribution in [0.3, 0.4) is 0 Å². The SMILES string of the molecule is Cn1c(=O)c2ccccc2n2c(CN3CC=C(c4ccccc4)CC3)nnc12. The highest BCUT2D eigenvalue weighted by Gasteiger charge is 2.18. The molecule has 0 spiro atoms. The van der Waals surface area contributed by atoms with Gasteiger partial charge in [-0.05, 0) is 29.7 Å². The van der Waals surface area contributed by atoms with Crippen molar-refractivity contribution >= 4 is 22.3 Å². The Morgan fingerprint density at radius 1 is 1.00 bits per heavy atom. The van der Waals surface area contributed by atoms with Gasteiger partial charge in [-0.1, -0.05) is 48.5 Å². The monoisotopic (exact) mass is 371 g/mol. The number of rotatable bonds is 3. The summed E-state index contributed by atoms with van der Waals surface area (Å²) in [6.07, 6.45) is 3.32. The van der Waals surface area contributed by atoms with E-state index in [-0.39, 0.29) is 5.56 Å². The third-order valence-corrected chi connectivity index (χ3v) is 5.50. The van der Waals surface area contributed by atoms with E-state index < -0.39 is 0 Å². The quantitative estimate of drug-likeness (QED) is 0.556. The number of hydrogen-bond acceptors (Lipinski definition) is 4. The van der Waals surface area contributed by atoms with E-state index in [0.717, 1.165) is 30.9 Å². The third kappa shape index (κ3) is 2.73. The van der Waals surface area contributed by atoms with Crippen LogP contribution in [0.25, 0.3) is 22.3 Å². The van der Waals surface area contributed by atoms with Crippen LogP contribution in [0.5, 0.6) is 0 Å². The second kappa shape index (κ2) is 6.73. The number of fused-ring (bicyclic) bond motifs is 3. The molecule has 1 aliphatic heterocycles. The Kier molecular flexibility index (Phi) is 4.06. The van der Waals surface area contributed by atoms with Gasteiger partial charge in [0.05, 0.1) is 17.4 Å². The van der Waals surface area contributed by atoms with E-state index in [0.29, 0.717) is 17.7 Å². The normalized spacial score (nSPS) is 15.2. The molecule has 28 heavy (non-hydrogen) atoms. The highest BCUT2D eigenvalue weighted by atomic mass is 16.1. The molecule has 2 aromatic heterocycles. The van der Waals surface area contributed by atoms with Crippen LogP contribution in [0.15, 0.2) is 65.5 Å². The van der Waals surface area contributed by atoms with Crippen LogP contribution in [0.2, 0.25) is 0 Å². The predicted molar refractivity (Wildman–Crippen MR) is 110 cm³/mol. The first-order valence-corrected chi connectivity index (χ1v) is 9.51. The number of para-hydroxylation sites is 1. The summed E-state index contributed by atoms with van der Waals surface area (Å²) >= 11 is 0. The van der Waals surface area contributed by atoms with Crippen molar-refractivity contribution in [3.8, 4) is 0 Å². The Morgan fingerprint density at radius 2 is 1.79 bits per heavy atom. The van der Waals surface area contributed by atoms with Crippen molar-refractivity contribution in [1.82, 2.24) is 24.1 Å². The molecule has 0 aliphatic carbocycles. The second-order valence-corrected chi connectivity index (χ2v) is 7.21. The molecule has 4 aromatic rings. The highest BCUT2D eigenvalue weighted by Crippen LogP contribution is 2.23. The summed E-state index contributed by atoms with van der Waals surface area (Å²) in [6, 6.07) is 18.2. The van der Waals surface area contributed by atoms with Gasteiger partial charge >= 0.3 is 0 Å². The minimum absolute atomic E-state index is 0.0459. The summed E-state index contributed by atoms with van der Waals surface area (Å²) in [7, 11) is 1.75. The molecule has 0 amide bonds. The standard InChI is InChI=1S/C22H21N5O/c1-25-21(28)18-9-5-6-10-19(18)27-20(23-24-22(25)27)15-26-13-11-17(12-14-26)16-7-3-2-4-8-16/h2-11H,12-15H2,1H3. The van der Waals surface area contributed by atoms with Gasteiger partial charge in [0.1, 0.15) is 0 Å². The predicted octanol–water partition coefficient (Wildman–Crippen LogP) is 2.87. The summed E-state index contributed by atoms with van der Waals surface area (Å²) in [5, 5.41) is 9.38. The van der Waals surface area contributed by atoms with Crippen molar-refractivity contribution in [2.45, 2.75) is 13.0 Å². The van der Waals surface area contributed by atoms with E-state index in [1.807, 2.05) is 34.7 Å². The lowest BCUT2D eigenvalue weighted by Gasteiger charge is -2.25. The van der Waals surface area contributed by atoms with Crippen molar-refractivity contribution in [2.75, 3.05) is 13.1 Å². The molecule has 6 nitrogen and oxygen atoms in total. The number of aryl methyl sites for hydroxylation is 1. The van der Waals surface area contributed by atoms with Crippen LogP contribution < -0.4 is 5.56 Å². The molecule has 0 atom stereocenters. The second-order valence-electron chi connectivity index (χ2n) is 7.21. The Morgan fingerprint density at radius 3 is 2.57 bits per heavy atom. The number of benzene rings is 2. The summed E-state index contributed by atoms with van der Waals surface area (Å²) in [4.78, 5) is 14.9. The minimum atomic E-state index is -0.0459. The van der Waals surface area contributed by atoms with Crippen LogP contribution in [0, 0.1) is 0 Å². The fourth-order valence-electron chi connectivity index (χ4n) is 3.96. The smallest absolute Gasteiger partial charge is 0.262 e. The molecule has 2 aromatic carbocycles. The Hall–Kier alpha value is -3.25. The van der Waals surface area contributed by atoms with Crippen LogP contribution in [-0.4, -0.2) is 37.2 Å². The molecule has 5 rings (SSSR count). The van der Waals surface area contributed by atoms with E-state index in [1.54, 1.807) is 11.6 Å². The van der Waals surface area contributed by atoms with Crippen LogP contribution >= 0.6 is 0 Å². The molecular formula is C22H21N5O. The molecule has 0 fully saturated rings. The van der Waals surface area contributed by atoms with Crippen molar-refractivity contribution in [3.63, 3.8) is 0 Å². The zero-order valence-electron chi connectivity index (χ0n) is 15.7. The van der Waals surface area contributed by atoms with Crippen molar-refractivity contribution in [3.05, 3.63) is 82.4 Å². The molecule has 0 radical (unpaired) electrons. The maximum Gasteiger partial charge on any atom is 0.262 e. The average Bonchev–Trinajstić information content (AvgIpc) is 3.17. The lowest BCUT2D eigenvalue weighted by molar-refractivity contribution is 0.285. The summed E-state index contributed by atoms with van der Waals surface area (Å²) in [6.45, 7) is 2.55. The molecule has 0 saturated carbocycles. The Labute approximate surface area is 162 Å². The van der Waals surface area contributed by atoms with E-state index in [1.165, 1.54) is 11.1 Å². The lowest BCUT2D eigenvalue weighted by atomic mass is 10.00. The van der Waals surface area contributed by atoms with E-state index >= 15 is 0 Å². The van der Waals surface area contributed by atoms with E-state index in [4.69, 9.17) is 0 Å². The third-order valence-electron chi connectivity index (χ3n) is 5.50. The fourth-order valence-corrected chi connectivity index (χ4v) is 3.96. The molecule has 3 heterocycles. The van der Waals surface area contributed by atoms with Gasteiger partial charge in [-0.2, -0.15) is 0 Å². The first-order valence-electron chi connectivity index (χ1n) is 9.51. The molecule has 0 bridgehead atoms. The Balaban J connectivity index is 1.49. The molecule has 0 N–H and O–H groups in total. The van der Waals surface area contributed by atoms with Gasteiger partial charge in [-0.15, -0.1) is 10.2 Å². The zero-order valence-corrected chi connectivity index (χ0v) is 15.7. The zero-order chi connectivity index (χ0) is 19.1. The molecular weight excluding hydrogens is 350 g/mol.